The third-order valence-electron chi connectivity index (χ3n) is 3.09. The molecule has 118 valence electrons. The summed E-state index contributed by atoms with van der Waals surface area (Å²) in [5, 5.41) is 15.5. The fourth-order valence-corrected chi connectivity index (χ4v) is 1.85. The SMILES string of the molecule is Cc1cc(C(=O)NC[C@@](O)(c2ccccc2)C(F)(F)F)no1. The number of carbonyl (C=O) groups is 1. The molecule has 5 nitrogen and oxygen atoms in total. The van der Waals surface area contributed by atoms with Gasteiger partial charge < -0.3 is 14.9 Å². The van der Waals surface area contributed by atoms with Gasteiger partial charge in [0.25, 0.3) is 5.91 Å². The van der Waals surface area contributed by atoms with Gasteiger partial charge in [0.05, 0.1) is 6.54 Å². The molecule has 1 aromatic carbocycles. The highest BCUT2D eigenvalue weighted by Gasteiger charge is 2.55. The van der Waals surface area contributed by atoms with Crippen LogP contribution in [0.1, 0.15) is 21.8 Å². The van der Waals surface area contributed by atoms with E-state index < -0.39 is 24.2 Å². The van der Waals surface area contributed by atoms with E-state index in [1.807, 2.05) is 5.32 Å². The minimum absolute atomic E-state index is 0.157. The summed E-state index contributed by atoms with van der Waals surface area (Å²) in [6.07, 6.45) is -4.96. The van der Waals surface area contributed by atoms with Crippen molar-refractivity contribution in [1.82, 2.24) is 10.5 Å². The number of amides is 1. The second kappa shape index (κ2) is 5.80. The predicted molar refractivity (Wildman–Crippen MR) is 70.0 cm³/mol. The van der Waals surface area contributed by atoms with Crippen molar-refractivity contribution in [2.75, 3.05) is 6.54 Å². The lowest BCUT2D eigenvalue weighted by atomic mass is 9.93. The van der Waals surface area contributed by atoms with E-state index in [9.17, 15) is 23.1 Å². The number of nitrogens with zero attached hydrogens (tertiary/aromatic N) is 1. The van der Waals surface area contributed by atoms with E-state index in [1.165, 1.54) is 24.3 Å². The van der Waals surface area contributed by atoms with Crippen molar-refractivity contribution in [2.45, 2.75) is 18.7 Å². The first-order valence-electron chi connectivity index (χ1n) is 6.30. The molecule has 1 amide bonds. The van der Waals surface area contributed by atoms with E-state index in [0.29, 0.717) is 5.76 Å². The van der Waals surface area contributed by atoms with E-state index >= 15 is 0 Å². The summed E-state index contributed by atoms with van der Waals surface area (Å²) in [6.45, 7) is 0.505. The van der Waals surface area contributed by atoms with Crippen LogP contribution in [-0.2, 0) is 5.60 Å². The van der Waals surface area contributed by atoms with Gasteiger partial charge in [-0.3, -0.25) is 4.79 Å². The molecule has 2 aromatic rings. The minimum atomic E-state index is -4.96. The number of benzene rings is 1. The van der Waals surface area contributed by atoms with E-state index in [2.05, 4.69) is 9.68 Å². The maximum absolute atomic E-state index is 13.2. The van der Waals surface area contributed by atoms with Gasteiger partial charge in [-0.25, -0.2) is 0 Å². The average Bonchev–Trinajstić information content (AvgIpc) is 2.91. The molecule has 1 heterocycles. The number of aliphatic hydroxyl groups is 1. The number of nitrogens with one attached hydrogen (secondary N) is 1. The van der Waals surface area contributed by atoms with E-state index in [-0.39, 0.29) is 11.3 Å². The monoisotopic (exact) mass is 314 g/mol. The van der Waals surface area contributed by atoms with Crippen molar-refractivity contribution >= 4 is 5.91 Å². The molecule has 0 aliphatic rings. The van der Waals surface area contributed by atoms with Crippen LogP contribution in [0.25, 0.3) is 0 Å². The van der Waals surface area contributed by atoms with Gasteiger partial charge in [-0.1, -0.05) is 35.5 Å². The zero-order valence-corrected chi connectivity index (χ0v) is 11.5. The Kier molecular flexibility index (Phi) is 4.23. The number of rotatable bonds is 4. The Balaban J connectivity index is 2.20. The molecule has 0 spiro atoms. The van der Waals surface area contributed by atoms with Gasteiger partial charge in [-0.2, -0.15) is 13.2 Å². The van der Waals surface area contributed by atoms with Crippen LogP contribution >= 0.6 is 0 Å². The molecule has 0 fully saturated rings. The van der Waals surface area contributed by atoms with Crippen LogP contribution in [-0.4, -0.2) is 28.9 Å². The Bertz CT molecular complexity index is 655. The second-order valence-corrected chi connectivity index (χ2v) is 4.73. The standard InChI is InChI=1S/C14H13F3N2O3/c1-9-7-11(19-22-9)12(20)18-8-13(21,14(15,16)17)10-5-3-2-4-6-10/h2-7,21H,8H2,1H3,(H,18,20)/t13-/m1/s1. The quantitative estimate of drug-likeness (QED) is 0.907. The molecule has 0 aliphatic heterocycles. The van der Waals surface area contributed by atoms with Crippen LogP contribution in [0.4, 0.5) is 13.2 Å². The predicted octanol–water partition coefficient (Wildman–Crippen LogP) is 2.16. The maximum Gasteiger partial charge on any atom is 0.423 e. The Labute approximate surface area is 123 Å². The number of aryl methyl sites for hydroxylation is 1. The van der Waals surface area contributed by atoms with Crippen LogP contribution in [0.15, 0.2) is 40.9 Å². The lowest BCUT2D eigenvalue weighted by Crippen LogP contribution is -2.51. The molecule has 1 atom stereocenters. The van der Waals surface area contributed by atoms with Gasteiger partial charge in [-0.05, 0) is 12.5 Å². The highest BCUT2D eigenvalue weighted by Crippen LogP contribution is 2.38. The summed E-state index contributed by atoms with van der Waals surface area (Å²) < 4.78 is 44.3. The maximum atomic E-state index is 13.2. The van der Waals surface area contributed by atoms with Crippen molar-refractivity contribution in [1.29, 1.82) is 0 Å². The molecule has 0 aliphatic carbocycles. The Hall–Kier alpha value is -2.35. The number of alkyl halides is 3. The Morgan fingerprint density at radius 1 is 1.32 bits per heavy atom. The van der Waals surface area contributed by atoms with Crippen molar-refractivity contribution < 1.29 is 27.6 Å². The number of halogens is 3. The zero-order chi connectivity index (χ0) is 16.4. The summed E-state index contributed by atoms with van der Waals surface area (Å²) in [5.41, 5.74) is -3.71. The largest absolute Gasteiger partial charge is 0.423 e. The van der Waals surface area contributed by atoms with Gasteiger partial charge in [0.15, 0.2) is 5.69 Å². The van der Waals surface area contributed by atoms with Gasteiger partial charge >= 0.3 is 6.18 Å². The number of carbonyl (C=O) groups excluding carboxylic acids is 1. The van der Waals surface area contributed by atoms with Gasteiger partial charge in [0.2, 0.25) is 5.60 Å². The molecular formula is C14H13F3N2O3. The first-order valence-corrected chi connectivity index (χ1v) is 6.30. The molecule has 8 heteroatoms. The van der Waals surface area contributed by atoms with E-state index in [1.54, 1.807) is 6.92 Å². The molecule has 0 bridgehead atoms. The topological polar surface area (TPSA) is 75.4 Å². The Morgan fingerprint density at radius 2 is 1.95 bits per heavy atom. The third-order valence-corrected chi connectivity index (χ3v) is 3.09. The molecule has 2 N–H and O–H groups in total. The van der Waals surface area contributed by atoms with Crippen molar-refractivity contribution in [2.24, 2.45) is 0 Å². The molecular weight excluding hydrogens is 301 g/mol. The highest BCUT2D eigenvalue weighted by atomic mass is 19.4. The average molecular weight is 314 g/mol. The number of aromatic nitrogens is 1. The van der Waals surface area contributed by atoms with E-state index in [4.69, 9.17) is 0 Å². The van der Waals surface area contributed by atoms with Crippen molar-refractivity contribution in [3.8, 4) is 0 Å². The number of hydrogen-bond acceptors (Lipinski definition) is 4. The molecule has 0 radical (unpaired) electrons. The molecule has 0 saturated carbocycles. The normalized spacial score (nSPS) is 14.4. The first-order chi connectivity index (χ1) is 10.2. The van der Waals surface area contributed by atoms with Crippen molar-refractivity contribution in [3.05, 3.63) is 53.4 Å². The Morgan fingerprint density at radius 3 is 2.45 bits per heavy atom. The smallest absolute Gasteiger partial charge is 0.375 e. The van der Waals surface area contributed by atoms with Crippen LogP contribution in [0.3, 0.4) is 0 Å². The summed E-state index contributed by atoms with van der Waals surface area (Å²) in [4.78, 5) is 11.8. The number of hydrogen-bond donors (Lipinski definition) is 2. The second-order valence-electron chi connectivity index (χ2n) is 4.73. The fourth-order valence-electron chi connectivity index (χ4n) is 1.85. The zero-order valence-electron chi connectivity index (χ0n) is 11.5. The minimum Gasteiger partial charge on any atom is -0.375 e. The highest BCUT2D eigenvalue weighted by molar-refractivity contribution is 5.92. The molecule has 1 aromatic heterocycles. The molecule has 0 unspecified atom stereocenters. The summed E-state index contributed by atoms with van der Waals surface area (Å²) >= 11 is 0. The third kappa shape index (κ3) is 3.11. The van der Waals surface area contributed by atoms with Crippen LogP contribution < -0.4 is 5.32 Å². The fraction of sp³-hybridized carbons (Fsp3) is 0.286. The molecule has 2 rings (SSSR count). The van der Waals surface area contributed by atoms with E-state index in [0.717, 1.165) is 12.1 Å². The lowest BCUT2D eigenvalue weighted by Gasteiger charge is -2.31. The molecule has 0 saturated heterocycles. The molecule has 22 heavy (non-hydrogen) atoms. The van der Waals surface area contributed by atoms with Crippen LogP contribution in [0.2, 0.25) is 0 Å². The van der Waals surface area contributed by atoms with Crippen molar-refractivity contribution in [3.63, 3.8) is 0 Å². The van der Waals surface area contributed by atoms with Gasteiger partial charge in [0.1, 0.15) is 5.76 Å². The summed E-state index contributed by atoms with van der Waals surface area (Å²) in [6, 6.07) is 7.82. The first kappa shape index (κ1) is 16.0. The summed E-state index contributed by atoms with van der Waals surface area (Å²) in [7, 11) is 0. The van der Waals surface area contributed by atoms with Gasteiger partial charge in [0, 0.05) is 6.07 Å². The van der Waals surface area contributed by atoms with Crippen LogP contribution in [0, 0.1) is 6.92 Å². The van der Waals surface area contributed by atoms with Gasteiger partial charge in [-0.15, -0.1) is 0 Å². The summed E-state index contributed by atoms with van der Waals surface area (Å²) in [5.74, 6) is -0.519. The lowest BCUT2D eigenvalue weighted by molar-refractivity contribution is -0.263. The van der Waals surface area contributed by atoms with Crippen LogP contribution in [0.5, 0.6) is 0 Å².